The predicted molar refractivity (Wildman–Crippen MR) is 96.7 cm³/mol. The maximum absolute atomic E-state index is 12.5. The fraction of sp³-hybridized carbons (Fsp3) is 0. The first-order valence-corrected chi connectivity index (χ1v) is 8.22. The van der Waals surface area contributed by atoms with Crippen molar-refractivity contribution in [1.29, 1.82) is 5.26 Å². The molecular weight excluding hydrogens is 382 g/mol. The molecule has 2 aromatic carbocycles. The Morgan fingerprint density at radius 1 is 1.08 bits per heavy atom. The van der Waals surface area contributed by atoms with Crippen LogP contribution in [0.2, 0.25) is 0 Å². The van der Waals surface area contributed by atoms with E-state index in [0.29, 0.717) is 33.7 Å². The average molecular weight is 392 g/mol. The van der Waals surface area contributed by atoms with Crippen LogP contribution in [-0.2, 0) is 0 Å². The highest BCUT2D eigenvalue weighted by atomic mass is 79.9. The molecule has 3 aromatic rings. The number of carbonyl (C=O) groups excluding carboxylic acids is 1. The lowest BCUT2D eigenvalue weighted by Gasteiger charge is -2.01. The molecule has 2 heterocycles. The van der Waals surface area contributed by atoms with E-state index in [9.17, 15) is 9.90 Å². The highest BCUT2D eigenvalue weighted by molar-refractivity contribution is 9.10. The summed E-state index contributed by atoms with van der Waals surface area (Å²) in [7, 11) is 0. The Morgan fingerprint density at radius 3 is 2.56 bits per heavy atom. The molecule has 0 unspecified atom stereocenters. The Balaban J connectivity index is 1.88. The zero-order chi connectivity index (χ0) is 17.6. The summed E-state index contributed by atoms with van der Waals surface area (Å²) in [5.74, 6) is -0.526. The first-order valence-electron chi connectivity index (χ1n) is 7.43. The molecule has 2 N–H and O–H groups in total. The van der Waals surface area contributed by atoms with E-state index in [0.717, 1.165) is 10.0 Å². The molecule has 1 aromatic heterocycles. The van der Waals surface area contributed by atoms with Crippen molar-refractivity contribution in [3.63, 3.8) is 0 Å². The lowest BCUT2D eigenvalue weighted by molar-refractivity contribution is 0.101. The van der Waals surface area contributed by atoms with Crippen LogP contribution in [0.15, 0.2) is 58.0 Å². The number of nitriles is 1. The van der Waals surface area contributed by atoms with E-state index in [1.807, 2.05) is 24.3 Å². The van der Waals surface area contributed by atoms with Crippen LogP contribution in [0, 0.1) is 11.3 Å². The van der Waals surface area contributed by atoms with Gasteiger partial charge in [-0.2, -0.15) is 5.26 Å². The molecular formula is C19H10BrN3O2. The second-order valence-electron chi connectivity index (χ2n) is 5.56. The van der Waals surface area contributed by atoms with Crippen molar-refractivity contribution in [3.05, 3.63) is 75.3 Å². The Morgan fingerprint density at radius 2 is 1.84 bits per heavy atom. The minimum Gasteiger partial charge on any atom is -0.494 e. The van der Waals surface area contributed by atoms with Crippen LogP contribution in [0.5, 0.6) is 5.88 Å². The van der Waals surface area contributed by atoms with Crippen LogP contribution in [0.3, 0.4) is 0 Å². The maximum atomic E-state index is 12.5. The SMILES string of the molecule is N#Cc1cccc(-c2[nH]c(O)c3c2C(=O)N=C3c2ccc(Br)cc2)c1. The molecule has 25 heavy (non-hydrogen) atoms. The van der Waals surface area contributed by atoms with Gasteiger partial charge < -0.3 is 10.1 Å². The minimum atomic E-state index is -0.415. The summed E-state index contributed by atoms with van der Waals surface area (Å²) in [4.78, 5) is 19.5. The summed E-state index contributed by atoms with van der Waals surface area (Å²) in [6, 6.07) is 16.3. The molecule has 0 spiro atoms. The van der Waals surface area contributed by atoms with Crippen molar-refractivity contribution in [3.8, 4) is 23.2 Å². The molecule has 5 nitrogen and oxygen atoms in total. The van der Waals surface area contributed by atoms with Gasteiger partial charge in [0.2, 0.25) is 0 Å². The fourth-order valence-corrected chi connectivity index (χ4v) is 3.19. The van der Waals surface area contributed by atoms with Gasteiger partial charge in [-0.25, -0.2) is 4.99 Å². The van der Waals surface area contributed by atoms with Crippen LogP contribution in [0.4, 0.5) is 0 Å². The summed E-state index contributed by atoms with van der Waals surface area (Å²) in [5.41, 5.74) is 3.47. The van der Waals surface area contributed by atoms with E-state index in [1.54, 1.807) is 24.3 Å². The first-order chi connectivity index (χ1) is 12.1. The smallest absolute Gasteiger partial charge is 0.280 e. The van der Waals surface area contributed by atoms with Crippen LogP contribution in [-0.4, -0.2) is 21.7 Å². The number of hydrogen-bond acceptors (Lipinski definition) is 3. The molecule has 0 fully saturated rings. The number of aromatic hydroxyl groups is 1. The van der Waals surface area contributed by atoms with E-state index in [1.165, 1.54) is 0 Å². The number of fused-ring (bicyclic) bond motifs is 1. The number of nitrogens with zero attached hydrogens (tertiary/aromatic N) is 2. The third-order valence-corrected chi connectivity index (χ3v) is 4.57. The lowest BCUT2D eigenvalue weighted by Crippen LogP contribution is -1.99. The number of nitrogens with one attached hydrogen (secondary N) is 1. The van der Waals surface area contributed by atoms with Gasteiger partial charge in [0.05, 0.1) is 34.2 Å². The van der Waals surface area contributed by atoms with Crippen molar-refractivity contribution < 1.29 is 9.90 Å². The summed E-state index contributed by atoms with van der Waals surface area (Å²) < 4.78 is 0.911. The molecule has 0 atom stereocenters. The van der Waals surface area contributed by atoms with Crippen molar-refractivity contribution >= 4 is 27.5 Å². The van der Waals surface area contributed by atoms with E-state index in [-0.39, 0.29) is 5.88 Å². The summed E-state index contributed by atoms with van der Waals surface area (Å²) in [5, 5.41) is 19.5. The molecule has 0 radical (unpaired) electrons. The zero-order valence-corrected chi connectivity index (χ0v) is 14.3. The van der Waals surface area contributed by atoms with Gasteiger partial charge in [0.1, 0.15) is 0 Å². The van der Waals surface area contributed by atoms with Crippen molar-refractivity contribution in [2.75, 3.05) is 0 Å². The highest BCUT2D eigenvalue weighted by Gasteiger charge is 2.33. The van der Waals surface area contributed by atoms with Crippen molar-refractivity contribution in [1.82, 2.24) is 4.98 Å². The van der Waals surface area contributed by atoms with Crippen LogP contribution < -0.4 is 0 Å². The predicted octanol–water partition coefficient (Wildman–Crippen LogP) is 4.01. The average Bonchev–Trinajstić information content (AvgIpc) is 3.15. The third kappa shape index (κ3) is 2.46. The van der Waals surface area contributed by atoms with Gasteiger partial charge >= 0.3 is 0 Å². The van der Waals surface area contributed by atoms with Gasteiger partial charge in [-0.3, -0.25) is 4.79 Å². The Bertz CT molecular complexity index is 1090. The lowest BCUT2D eigenvalue weighted by atomic mass is 9.99. The summed E-state index contributed by atoms with van der Waals surface area (Å²) >= 11 is 3.37. The standard InChI is InChI=1S/C19H10BrN3O2/c20-13-6-4-11(5-7-13)16-14-15(19(25)22-16)17(23-18(14)24)12-3-1-2-10(8-12)9-21/h1-8,23-24H. The molecule has 4 rings (SSSR count). The molecule has 0 saturated carbocycles. The van der Waals surface area contributed by atoms with Crippen LogP contribution >= 0.6 is 15.9 Å². The number of aromatic amines is 1. The van der Waals surface area contributed by atoms with Crippen LogP contribution in [0.25, 0.3) is 11.3 Å². The van der Waals surface area contributed by atoms with Gasteiger partial charge in [-0.15, -0.1) is 0 Å². The second kappa shape index (κ2) is 5.72. The monoisotopic (exact) mass is 391 g/mol. The summed E-state index contributed by atoms with van der Waals surface area (Å²) in [6.07, 6.45) is 0. The fourth-order valence-electron chi connectivity index (χ4n) is 2.92. The Labute approximate surface area is 151 Å². The number of aliphatic imine (C=N–C) groups is 1. The molecule has 120 valence electrons. The third-order valence-electron chi connectivity index (χ3n) is 4.04. The van der Waals surface area contributed by atoms with E-state index >= 15 is 0 Å². The summed E-state index contributed by atoms with van der Waals surface area (Å²) in [6.45, 7) is 0. The zero-order valence-electron chi connectivity index (χ0n) is 12.7. The van der Waals surface area contributed by atoms with E-state index in [2.05, 4.69) is 32.0 Å². The first kappa shape index (κ1) is 15.4. The minimum absolute atomic E-state index is 0.111. The molecule has 0 bridgehead atoms. The molecule has 6 heteroatoms. The molecule has 1 amide bonds. The van der Waals surface area contributed by atoms with Crippen molar-refractivity contribution in [2.24, 2.45) is 4.99 Å². The molecule has 1 aliphatic heterocycles. The molecule has 0 saturated heterocycles. The van der Waals surface area contributed by atoms with Gasteiger partial charge in [-0.1, -0.05) is 40.2 Å². The molecule has 0 aliphatic carbocycles. The Hall–Kier alpha value is -3.17. The topological polar surface area (TPSA) is 89.2 Å². The number of H-pyrrole nitrogens is 1. The number of carbonyl (C=O) groups is 1. The number of benzene rings is 2. The van der Waals surface area contributed by atoms with Crippen molar-refractivity contribution in [2.45, 2.75) is 0 Å². The van der Waals surface area contributed by atoms with Crippen LogP contribution in [0.1, 0.15) is 27.0 Å². The maximum Gasteiger partial charge on any atom is 0.280 e. The number of rotatable bonds is 2. The number of halogens is 1. The highest BCUT2D eigenvalue weighted by Crippen LogP contribution is 2.38. The molecule has 1 aliphatic rings. The van der Waals surface area contributed by atoms with Gasteiger partial charge in [0.25, 0.3) is 5.91 Å². The quantitative estimate of drug-likeness (QED) is 0.691. The number of aromatic nitrogens is 1. The van der Waals surface area contributed by atoms with E-state index < -0.39 is 5.91 Å². The Kier molecular flexibility index (Phi) is 3.52. The second-order valence-corrected chi connectivity index (χ2v) is 6.48. The van der Waals surface area contributed by atoms with Gasteiger partial charge in [0, 0.05) is 15.6 Å². The number of hydrogen-bond donors (Lipinski definition) is 2. The van der Waals surface area contributed by atoms with Gasteiger partial charge in [-0.05, 0) is 24.3 Å². The van der Waals surface area contributed by atoms with E-state index in [4.69, 9.17) is 5.26 Å². The largest absolute Gasteiger partial charge is 0.494 e. The van der Waals surface area contributed by atoms with Gasteiger partial charge in [0.15, 0.2) is 5.88 Å². The normalized spacial score (nSPS) is 12.6. The number of amides is 1.